The molecule has 4 rings (SSSR count). The van der Waals surface area contributed by atoms with E-state index in [-0.39, 0.29) is 30.2 Å². The first-order valence-electron chi connectivity index (χ1n) is 9.74. The van der Waals surface area contributed by atoms with Gasteiger partial charge in [0.15, 0.2) is 0 Å². The fourth-order valence-corrected chi connectivity index (χ4v) is 4.50. The lowest BCUT2D eigenvalue weighted by atomic mass is 9.92. The number of halogens is 2. The van der Waals surface area contributed by atoms with Crippen molar-refractivity contribution in [3.05, 3.63) is 35.2 Å². The molecule has 3 atom stereocenters. The van der Waals surface area contributed by atoms with Crippen molar-refractivity contribution in [1.82, 2.24) is 15.0 Å². The molecule has 6 nitrogen and oxygen atoms in total. The summed E-state index contributed by atoms with van der Waals surface area (Å²) < 4.78 is 5.53. The van der Waals surface area contributed by atoms with E-state index in [0.717, 1.165) is 44.2 Å². The zero-order valence-electron chi connectivity index (χ0n) is 15.7. The van der Waals surface area contributed by atoms with Gasteiger partial charge < -0.3 is 15.2 Å². The largest absolute Gasteiger partial charge is 0.342 e. The van der Waals surface area contributed by atoms with E-state index in [0.29, 0.717) is 35.7 Å². The predicted molar refractivity (Wildman–Crippen MR) is 110 cm³/mol. The summed E-state index contributed by atoms with van der Waals surface area (Å²) >= 11 is 5.94. The van der Waals surface area contributed by atoms with E-state index in [9.17, 15) is 4.79 Å². The van der Waals surface area contributed by atoms with Crippen LogP contribution in [0.2, 0.25) is 5.02 Å². The fourth-order valence-electron chi connectivity index (χ4n) is 4.37. The molecule has 1 aliphatic heterocycles. The van der Waals surface area contributed by atoms with Crippen LogP contribution >= 0.6 is 24.0 Å². The Morgan fingerprint density at radius 1 is 1.21 bits per heavy atom. The summed E-state index contributed by atoms with van der Waals surface area (Å²) in [5.41, 5.74) is 6.74. The Bertz CT molecular complexity index is 796. The highest BCUT2D eigenvalue weighted by molar-refractivity contribution is 6.30. The number of benzene rings is 1. The van der Waals surface area contributed by atoms with Gasteiger partial charge in [-0.15, -0.1) is 12.4 Å². The minimum atomic E-state index is 0. The molecule has 1 aromatic carbocycles. The highest BCUT2D eigenvalue weighted by Crippen LogP contribution is 2.35. The van der Waals surface area contributed by atoms with E-state index in [1.54, 1.807) is 0 Å². The molecule has 0 radical (unpaired) electrons. The summed E-state index contributed by atoms with van der Waals surface area (Å²) in [6.45, 7) is 2.05. The van der Waals surface area contributed by atoms with Gasteiger partial charge in [-0.05, 0) is 62.4 Å². The number of likely N-dealkylation sites (tertiary alicyclic amines) is 1. The van der Waals surface area contributed by atoms with E-state index in [4.69, 9.17) is 21.9 Å². The average molecular weight is 425 g/mol. The molecule has 0 bridgehead atoms. The molecule has 2 aromatic rings. The van der Waals surface area contributed by atoms with E-state index < -0.39 is 0 Å². The van der Waals surface area contributed by atoms with Crippen molar-refractivity contribution in [1.29, 1.82) is 0 Å². The first-order chi connectivity index (χ1) is 13.2. The number of carbonyl (C=O) groups is 1. The van der Waals surface area contributed by atoms with E-state index in [1.165, 1.54) is 0 Å². The Balaban J connectivity index is 0.00000225. The molecule has 2 heterocycles. The standard InChI is InChI=1S/C20H25ClN4O2.ClH/c21-16-8-6-13(7-9-16)18-23-19(27-24-18)15-4-2-10-25(12-15)20(26)17-5-1-3-14(17)11-22;/h6-9,14-15,17H,1-5,10-12,22H2;1H/t14-,15?,17-;/m1./s1. The Morgan fingerprint density at radius 3 is 2.75 bits per heavy atom. The number of rotatable bonds is 4. The number of nitrogens with two attached hydrogens (primary N) is 1. The number of hydrogen-bond donors (Lipinski definition) is 1. The van der Waals surface area contributed by atoms with Gasteiger partial charge in [0, 0.05) is 29.6 Å². The number of carbonyl (C=O) groups excluding carboxylic acids is 1. The van der Waals surface area contributed by atoms with Crippen molar-refractivity contribution in [2.75, 3.05) is 19.6 Å². The minimum Gasteiger partial charge on any atom is -0.342 e. The lowest BCUT2D eigenvalue weighted by Crippen LogP contribution is -2.44. The molecular formula is C20H26Cl2N4O2. The number of hydrogen-bond acceptors (Lipinski definition) is 5. The average Bonchev–Trinajstić information content (AvgIpc) is 3.37. The van der Waals surface area contributed by atoms with Gasteiger partial charge in [0.05, 0.1) is 5.92 Å². The Morgan fingerprint density at radius 2 is 2.00 bits per heavy atom. The maximum absolute atomic E-state index is 13.0. The summed E-state index contributed by atoms with van der Waals surface area (Å²) in [5.74, 6) is 1.93. The second-order valence-electron chi connectivity index (χ2n) is 7.62. The normalized spacial score (nSPS) is 24.8. The van der Waals surface area contributed by atoms with Crippen LogP contribution in [-0.2, 0) is 4.79 Å². The number of nitrogens with zero attached hydrogens (tertiary/aromatic N) is 3. The molecule has 1 saturated heterocycles. The molecule has 1 amide bonds. The number of aromatic nitrogens is 2. The molecule has 0 spiro atoms. The molecule has 1 saturated carbocycles. The smallest absolute Gasteiger partial charge is 0.231 e. The van der Waals surface area contributed by atoms with Gasteiger partial charge in [0.25, 0.3) is 0 Å². The van der Waals surface area contributed by atoms with Gasteiger partial charge in [-0.3, -0.25) is 4.79 Å². The van der Waals surface area contributed by atoms with Gasteiger partial charge in [-0.25, -0.2) is 0 Å². The third-order valence-electron chi connectivity index (χ3n) is 5.91. The molecule has 2 N–H and O–H groups in total. The topological polar surface area (TPSA) is 85.3 Å². The maximum Gasteiger partial charge on any atom is 0.231 e. The van der Waals surface area contributed by atoms with Crippen LogP contribution in [0.3, 0.4) is 0 Å². The maximum atomic E-state index is 13.0. The highest BCUT2D eigenvalue weighted by atomic mass is 35.5. The molecule has 8 heteroatoms. The second-order valence-corrected chi connectivity index (χ2v) is 8.06. The Hall–Kier alpha value is -1.63. The molecule has 1 unspecified atom stereocenters. The zero-order chi connectivity index (χ0) is 18.8. The quantitative estimate of drug-likeness (QED) is 0.803. The van der Waals surface area contributed by atoms with Crippen molar-refractivity contribution >= 4 is 29.9 Å². The van der Waals surface area contributed by atoms with Crippen LogP contribution in [0.1, 0.15) is 43.9 Å². The van der Waals surface area contributed by atoms with Crippen LogP contribution in [0.5, 0.6) is 0 Å². The number of piperidine rings is 1. The molecule has 2 aliphatic rings. The van der Waals surface area contributed by atoms with E-state index in [2.05, 4.69) is 10.1 Å². The number of amides is 1. The Labute approximate surface area is 176 Å². The monoisotopic (exact) mass is 424 g/mol. The van der Waals surface area contributed by atoms with E-state index >= 15 is 0 Å². The third-order valence-corrected chi connectivity index (χ3v) is 6.16. The highest BCUT2D eigenvalue weighted by Gasteiger charge is 2.37. The summed E-state index contributed by atoms with van der Waals surface area (Å²) in [7, 11) is 0. The van der Waals surface area contributed by atoms with Gasteiger partial charge in [-0.1, -0.05) is 23.2 Å². The summed E-state index contributed by atoms with van der Waals surface area (Å²) in [5, 5.41) is 4.79. The zero-order valence-corrected chi connectivity index (χ0v) is 17.3. The second kappa shape index (κ2) is 9.25. The molecule has 1 aliphatic carbocycles. The minimum absolute atomic E-state index is 0. The molecule has 152 valence electrons. The lowest BCUT2D eigenvalue weighted by molar-refractivity contribution is -0.138. The molecule has 28 heavy (non-hydrogen) atoms. The fraction of sp³-hybridized carbons (Fsp3) is 0.550. The van der Waals surface area contributed by atoms with Crippen molar-refractivity contribution in [2.45, 2.75) is 38.0 Å². The van der Waals surface area contributed by atoms with Gasteiger partial charge >= 0.3 is 0 Å². The van der Waals surface area contributed by atoms with Crippen LogP contribution < -0.4 is 5.73 Å². The van der Waals surface area contributed by atoms with Gasteiger partial charge in [0.2, 0.25) is 17.6 Å². The van der Waals surface area contributed by atoms with Crippen molar-refractivity contribution in [3.63, 3.8) is 0 Å². The first-order valence-corrected chi connectivity index (χ1v) is 10.1. The van der Waals surface area contributed by atoms with Gasteiger partial charge in [-0.2, -0.15) is 4.98 Å². The molecule has 1 aromatic heterocycles. The van der Waals surface area contributed by atoms with Crippen LogP contribution in [0, 0.1) is 11.8 Å². The van der Waals surface area contributed by atoms with E-state index in [1.807, 2.05) is 29.2 Å². The van der Waals surface area contributed by atoms with Crippen LogP contribution in [0.15, 0.2) is 28.8 Å². The van der Waals surface area contributed by atoms with Crippen LogP contribution in [0.25, 0.3) is 11.4 Å². The van der Waals surface area contributed by atoms with Gasteiger partial charge in [0.1, 0.15) is 0 Å². The van der Waals surface area contributed by atoms with Crippen molar-refractivity contribution < 1.29 is 9.32 Å². The SMILES string of the molecule is Cl.NC[C@H]1CCC[C@H]1C(=O)N1CCCC(c2nc(-c3ccc(Cl)cc3)no2)C1. The third kappa shape index (κ3) is 4.34. The van der Waals surface area contributed by atoms with Crippen molar-refractivity contribution in [2.24, 2.45) is 17.6 Å². The lowest BCUT2D eigenvalue weighted by Gasteiger charge is -2.34. The van der Waals surface area contributed by atoms with Crippen molar-refractivity contribution in [3.8, 4) is 11.4 Å². The summed E-state index contributed by atoms with van der Waals surface area (Å²) in [6, 6.07) is 7.37. The first kappa shape index (κ1) is 21.1. The van der Waals surface area contributed by atoms with Crippen LogP contribution in [0.4, 0.5) is 0 Å². The summed E-state index contributed by atoms with van der Waals surface area (Å²) in [6.07, 6.45) is 5.04. The predicted octanol–water partition coefficient (Wildman–Crippen LogP) is 3.89. The molecular weight excluding hydrogens is 399 g/mol. The molecule has 2 fully saturated rings. The van der Waals surface area contributed by atoms with Crippen LogP contribution in [-0.4, -0.2) is 40.6 Å². The Kier molecular flexibility index (Phi) is 6.96. The summed E-state index contributed by atoms with van der Waals surface area (Å²) in [4.78, 5) is 19.6.